The Morgan fingerprint density at radius 2 is 1.81 bits per heavy atom. The van der Waals surface area contributed by atoms with Gasteiger partial charge in [-0.05, 0) is 17.7 Å². The van der Waals surface area contributed by atoms with Crippen molar-refractivity contribution in [3.63, 3.8) is 0 Å². The van der Waals surface area contributed by atoms with Crippen molar-refractivity contribution in [2.75, 3.05) is 11.9 Å². The maximum absolute atomic E-state index is 13.1. The van der Waals surface area contributed by atoms with E-state index < -0.39 is 17.5 Å². The number of halogens is 4. The number of nitrogens with one attached hydrogen (secondary N) is 1. The number of hydrogen-bond acceptors (Lipinski definition) is 2. The zero-order chi connectivity index (χ0) is 15.0. The van der Waals surface area contributed by atoms with Gasteiger partial charge in [0.05, 0.1) is 6.61 Å². The van der Waals surface area contributed by atoms with Crippen molar-refractivity contribution in [2.24, 2.45) is 0 Å². The Kier molecular flexibility index (Phi) is 3.68. The second-order valence-corrected chi connectivity index (χ2v) is 5.20. The topological polar surface area (TPSA) is 21.3 Å². The van der Waals surface area contributed by atoms with Gasteiger partial charge in [0.25, 0.3) is 0 Å². The van der Waals surface area contributed by atoms with Crippen molar-refractivity contribution in [1.82, 2.24) is 0 Å². The molecule has 2 aromatic rings. The fraction of sp³-hybridized carbons (Fsp3) is 0.200. The Labute approximate surface area is 124 Å². The molecule has 1 aliphatic heterocycles. The minimum atomic E-state index is -1.48. The van der Waals surface area contributed by atoms with Gasteiger partial charge in [0, 0.05) is 41.4 Å². The van der Waals surface area contributed by atoms with Crippen molar-refractivity contribution >= 4 is 17.3 Å². The predicted octanol–water partition coefficient (Wildman–Crippen LogP) is 4.30. The van der Waals surface area contributed by atoms with E-state index in [1.165, 1.54) is 0 Å². The molecule has 0 radical (unpaired) electrons. The molecule has 0 amide bonds. The zero-order valence-corrected chi connectivity index (χ0v) is 11.6. The molecule has 0 saturated carbocycles. The van der Waals surface area contributed by atoms with Gasteiger partial charge in [0.1, 0.15) is 5.75 Å². The van der Waals surface area contributed by atoms with Crippen LogP contribution in [0.4, 0.5) is 18.9 Å². The zero-order valence-electron chi connectivity index (χ0n) is 10.9. The maximum Gasteiger partial charge on any atom is 0.194 e. The molecule has 1 aliphatic rings. The highest BCUT2D eigenvalue weighted by atomic mass is 35.5. The van der Waals surface area contributed by atoms with E-state index in [1.54, 1.807) is 6.07 Å². The van der Waals surface area contributed by atoms with Crippen LogP contribution >= 0.6 is 11.6 Å². The molecule has 2 nitrogen and oxygen atoms in total. The third kappa shape index (κ3) is 2.78. The van der Waals surface area contributed by atoms with E-state index in [2.05, 4.69) is 5.32 Å². The van der Waals surface area contributed by atoms with Gasteiger partial charge >= 0.3 is 0 Å². The van der Waals surface area contributed by atoms with Gasteiger partial charge in [-0.3, -0.25) is 0 Å². The number of ether oxygens (including phenoxy) is 1. The first-order valence-electron chi connectivity index (χ1n) is 6.37. The fourth-order valence-electron chi connectivity index (χ4n) is 2.33. The Hall–Kier alpha value is -1.88. The minimum Gasteiger partial charge on any atom is -0.493 e. The molecule has 0 bridgehead atoms. The van der Waals surface area contributed by atoms with Gasteiger partial charge < -0.3 is 10.1 Å². The van der Waals surface area contributed by atoms with Crippen molar-refractivity contribution < 1.29 is 17.9 Å². The van der Waals surface area contributed by atoms with Crippen molar-refractivity contribution in [1.29, 1.82) is 0 Å². The summed E-state index contributed by atoms with van der Waals surface area (Å²) in [7, 11) is 0. The molecule has 110 valence electrons. The van der Waals surface area contributed by atoms with E-state index in [4.69, 9.17) is 16.3 Å². The second-order valence-electron chi connectivity index (χ2n) is 4.76. The first-order chi connectivity index (χ1) is 10.0. The number of fused-ring (bicyclic) bond motifs is 1. The van der Waals surface area contributed by atoms with Crippen LogP contribution in [-0.2, 0) is 13.0 Å². The molecule has 0 fully saturated rings. The van der Waals surface area contributed by atoms with Crippen LogP contribution < -0.4 is 10.1 Å². The summed E-state index contributed by atoms with van der Waals surface area (Å²) in [6, 6.07) is 5.38. The summed E-state index contributed by atoms with van der Waals surface area (Å²) in [6.45, 7) is 0.857. The molecular formula is C15H11ClF3NO. The van der Waals surface area contributed by atoms with Crippen molar-refractivity contribution in [2.45, 2.75) is 13.0 Å². The normalized spacial score (nSPS) is 13.0. The summed E-state index contributed by atoms with van der Waals surface area (Å²) in [6.07, 6.45) is 0.780. The molecule has 0 aliphatic carbocycles. The number of anilines is 1. The molecule has 0 unspecified atom stereocenters. The molecule has 0 atom stereocenters. The van der Waals surface area contributed by atoms with Crippen LogP contribution in [0.1, 0.15) is 11.1 Å². The molecule has 2 aromatic carbocycles. The first-order valence-corrected chi connectivity index (χ1v) is 6.75. The summed E-state index contributed by atoms with van der Waals surface area (Å²) in [5.74, 6) is -3.20. The first kappa shape index (κ1) is 14.1. The van der Waals surface area contributed by atoms with Crippen molar-refractivity contribution in [3.05, 3.63) is 57.9 Å². The van der Waals surface area contributed by atoms with E-state index in [1.807, 2.05) is 6.07 Å². The lowest BCUT2D eigenvalue weighted by Crippen LogP contribution is -2.03. The Morgan fingerprint density at radius 3 is 2.52 bits per heavy atom. The number of benzene rings is 2. The van der Waals surface area contributed by atoms with Gasteiger partial charge in [-0.1, -0.05) is 11.6 Å². The molecule has 6 heteroatoms. The molecule has 21 heavy (non-hydrogen) atoms. The molecule has 1 heterocycles. The summed E-state index contributed by atoms with van der Waals surface area (Å²) >= 11 is 6.03. The Morgan fingerprint density at radius 1 is 1.10 bits per heavy atom. The summed E-state index contributed by atoms with van der Waals surface area (Å²) in [4.78, 5) is 0. The highest BCUT2D eigenvalue weighted by molar-refractivity contribution is 6.30. The van der Waals surface area contributed by atoms with E-state index in [-0.39, 0.29) is 12.2 Å². The predicted molar refractivity (Wildman–Crippen MR) is 74.3 cm³/mol. The van der Waals surface area contributed by atoms with Crippen LogP contribution in [0.5, 0.6) is 5.75 Å². The average Bonchev–Trinajstić information content (AvgIpc) is 2.90. The maximum atomic E-state index is 13.1. The van der Waals surface area contributed by atoms with Crippen LogP contribution in [0, 0.1) is 17.5 Å². The second kappa shape index (κ2) is 5.48. The van der Waals surface area contributed by atoms with E-state index >= 15 is 0 Å². The van der Waals surface area contributed by atoms with Gasteiger partial charge in [-0.2, -0.15) is 0 Å². The van der Waals surface area contributed by atoms with E-state index in [0.717, 1.165) is 35.4 Å². The number of hydrogen-bond donors (Lipinski definition) is 1. The lowest BCUT2D eigenvalue weighted by Gasteiger charge is -2.11. The molecule has 0 saturated heterocycles. The van der Waals surface area contributed by atoms with Crippen LogP contribution in [0.3, 0.4) is 0 Å². The third-order valence-electron chi connectivity index (χ3n) is 3.29. The lowest BCUT2D eigenvalue weighted by atomic mass is 10.1. The van der Waals surface area contributed by atoms with Crippen molar-refractivity contribution in [3.8, 4) is 5.75 Å². The van der Waals surface area contributed by atoms with Gasteiger partial charge in [0.2, 0.25) is 0 Å². The van der Waals surface area contributed by atoms with Crippen LogP contribution in [0.15, 0.2) is 24.3 Å². The smallest absolute Gasteiger partial charge is 0.194 e. The lowest BCUT2D eigenvalue weighted by molar-refractivity contribution is 0.354. The summed E-state index contributed by atoms with van der Waals surface area (Å²) in [5, 5.41) is 3.42. The fourth-order valence-corrected chi connectivity index (χ4v) is 2.60. The van der Waals surface area contributed by atoms with Crippen LogP contribution in [0.2, 0.25) is 5.02 Å². The Bertz CT molecular complexity index is 683. The molecular weight excluding hydrogens is 303 g/mol. The van der Waals surface area contributed by atoms with Gasteiger partial charge in [-0.15, -0.1) is 0 Å². The molecule has 1 N–H and O–H groups in total. The average molecular weight is 314 g/mol. The Balaban J connectivity index is 1.83. The third-order valence-corrected chi connectivity index (χ3v) is 3.51. The quantitative estimate of drug-likeness (QED) is 0.853. The van der Waals surface area contributed by atoms with Crippen LogP contribution in [0.25, 0.3) is 0 Å². The molecule has 0 spiro atoms. The SMILES string of the molecule is Fc1cc(NCc2cc(Cl)cc3c2OCC3)cc(F)c1F. The minimum absolute atomic E-state index is 0.151. The van der Waals surface area contributed by atoms with Crippen LogP contribution in [-0.4, -0.2) is 6.61 Å². The molecule has 0 aromatic heterocycles. The van der Waals surface area contributed by atoms with Gasteiger partial charge in [-0.25, -0.2) is 13.2 Å². The number of rotatable bonds is 3. The van der Waals surface area contributed by atoms with Gasteiger partial charge in [0.15, 0.2) is 17.5 Å². The summed E-state index contributed by atoms with van der Waals surface area (Å²) < 4.78 is 44.7. The molecule has 3 rings (SSSR count). The highest BCUT2D eigenvalue weighted by Crippen LogP contribution is 2.33. The monoisotopic (exact) mass is 313 g/mol. The largest absolute Gasteiger partial charge is 0.493 e. The van der Waals surface area contributed by atoms with E-state index in [9.17, 15) is 13.2 Å². The standard InChI is InChI=1S/C15H11ClF3NO/c16-10-3-8-1-2-21-15(8)9(4-10)7-20-11-5-12(17)14(19)13(18)6-11/h3-6,20H,1-2,7H2. The summed E-state index contributed by atoms with van der Waals surface area (Å²) in [5.41, 5.74) is 1.95. The van der Waals surface area contributed by atoms with E-state index in [0.29, 0.717) is 11.6 Å². The highest BCUT2D eigenvalue weighted by Gasteiger charge is 2.18.